The predicted octanol–water partition coefficient (Wildman–Crippen LogP) is -2.11. The molecule has 1 heterocycles. The third-order valence-corrected chi connectivity index (χ3v) is 1.41. The van der Waals surface area contributed by atoms with Crippen molar-refractivity contribution in [3.8, 4) is 0 Å². The summed E-state index contributed by atoms with van der Waals surface area (Å²) in [6, 6.07) is -0.669. The minimum absolute atomic E-state index is 0.0481. The van der Waals surface area contributed by atoms with Gasteiger partial charge in [-0.15, -0.1) is 0 Å². The molecule has 0 atom stereocenters. The molecule has 0 radical (unpaired) electrons. The first-order valence-electron chi connectivity index (χ1n) is 3.66. The zero-order valence-corrected chi connectivity index (χ0v) is 6.77. The first kappa shape index (κ1) is 9.62. The first-order valence-corrected chi connectivity index (χ1v) is 3.66. The van der Waals surface area contributed by atoms with E-state index in [4.69, 9.17) is 10.2 Å². The van der Waals surface area contributed by atoms with Crippen LogP contribution in [0.15, 0.2) is 6.33 Å². The molecule has 0 spiro atoms. The van der Waals surface area contributed by atoms with E-state index in [2.05, 4.69) is 20.5 Å². The fraction of sp³-hybridized carbons (Fsp3) is 0.500. The second kappa shape index (κ2) is 4.53. The Hall–Kier alpha value is -1.47. The van der Waals surface area contributed by atoms with Crippen molar-refractivity contribution < 1.29 is 15.0 Å². The molecule has 1 aromatic heterocycles. The number of hydrogen-bond donors (Lipinski definition) is 4. The van der Waals surface area contributed by atoms with Gasteiger partial charge in [0.05, 0.1) is 19.3 Å². The second-order valence-corrected chi connectivity index (χ2v) is 2.37. The van der Waals surface area contributed by atoms with Gasteiger partial charge in [-0.1, -0.05) is 0 Å². The molecule has 1 aromatic rings. The van der Waals surface area contributed by atoms with Gasteiger partial charge >= 0.3 is 0 Å². The third kappa shape index (κ3) is 2.49. The van der Waals surface area contributed by atoms with E-state index < -0.39 is 11.9 Å². The van der Waals surface area contributed by atoms with E-state index in [-0.39, 0.29) is 19.0 Å². The van der Waals surface area contributed by atoms with Crippen LogP contribution in [0.3, 0.4) is 0 Å². The summed E-state index contributed by atoms with van der Waals surface area (Å²) in [4.78, 5) is 14.8. The predicted molar refractivity (Wildman–Crippen MR) is 41.8 cm³/mol. The average molecular weight is 186 g/mol. The number of H-pyrrole nitrogens is 1. The summed E-state index contributed by atoms with van der Waals surface area (Å²) in [5.74, 6) is -0.461. The number of amides is 1. The maximum atomic E-state index is 11.2. The quantitative estimate of drug-likeness (QED) is 0.430. The van der Waals surface area contributed by atoms with E-state index in [1.54, 1.807) is 0 Å². The van der Waals surface area contributed by atoms with Gasteiger partial charge in [0.2, 0.25) is 5.82 Å². The van der Waals surface area contributed by atoms with Gasteiger partial charge in [0.1, 0.15) is 6.33 Å². The highest BCUT2D eigenvalue weighted by molar-refractivity contribution is 5.90. The van der Waals surface area contributed by atoms with Crippen LogP contribution in [0.5, 0.6) is 0 Å². The lowest BCUT2D eigenvalue weighted by Crippen LogP contribution is -2.40. The van der Waals surface area contributed by atoms with Crippen molar-refractivity contribution in [1.82, 2.24) is 20.5 Å². The topological polar surface area (TPSA) is 111 Å². The fourth-order valence-corrected chi connectivity index (χ4v) is 0.718. The smallest absolute Gasteiger partial charge is 0.288 e. The zero-order chi connectivity index (χ0) is 9.68. The first-order chi connectivity index (χ1) is 6.27. The number of rotatable bonds is 4. The fourth-order valence-electron chi connectivity index (χ4n) is 0.718. The van der Waals surface area contributed by atoms with Gasteiger partial charge < -0.3 is 15.5 Å². The number of aromatic nitrogens is 3. The van der Waals surface area contributed by atoms with Crippen LogP contribution in [-0.4, -0.2) is 50.6 Å². The average Bonchev–Trinajstić information content (AvgIpc) is 2.66. The summed E-state index contributed by atoms with van der Waals surface area (Å²) >= 11 is 0. The molecule has 7 nitrogen and oxygen atoms in total. The molecular formula is C6H10N4O3. The van der Waals surface area contributed by atoms with Crippen molar-refractivity contribution in [3.63, 3.8) is 0 Å². The Kier molecular flexibility index (Phi) is 3.35. The number of hydrogen-bond acceptors (Lipinski definition) is 5. The lowest BCUT2D eigenvalue weighted by molar-refractivity contribution is 0.0869. The van der Waals surface area contributed by atoms with Crippen molar-refractivity contribution in [1.29, 1.82) is 0 Å². The van der Waals surface area contributed by atoms with Crippen LogP contribution in [0.25, 0.3) is 0 Å². The van der Waals surface area contributed by atoms with E-state index in [1.807, 2.05) is 0 Å². The summed E-state index contributed by atoms with van der Waals surface area (Å²) in [5.41, 5.74) is 0. The number of aromatic amines is 1. The Labute approximate surface area is 73.8 Å². The van der Waals surface area contributed by atoms with Crippen LogP contribution in [0.2, 0.25) is 0 Å². The van der Waals surface area contributed by atoms with Crippen molar-refractivity contribution in [3.05, 3.63) is 12.2 Å². The van der Waals surface area contributed by atoms with Crippen LogP contribution in [0.4, 0.5) is 0 Å². The number of aliphatic hydroxyl groups is 2. The van der Waals surface area contributed by atoms with Gasteiger partial charge in [-0.3, -0.25) is 9.89 Å². The molecule has 0 saturated heterocycles. The van der Waals surface area contributed by atoms with Crippen LogP contribution in [-0.2, 0) is 0 Å². The van der Waals surface area contributed by atoms with Crippen LogP contribution >= 0.6 is 0 Å². The zero-order valence-electron chi connectivity index (χ0n) is 6.77. The van der Waals surface area contributed by atoms with Gasteiger partial charge in [0, 0.05) is 0 Å². The highest BCUT2D eigenvalue weighted by Gasteiger charge is 2.13. The van der Waals surface area contributed by atoms with Gasteiger partial charge in [0.25, 0.3) is 5.91 Å². The normalized spacial score (nSPS) is 10.4. The second-order valence-electron chi connectivity index (χ2n) is 2.37. The molecule has 0 aliphatic rings. The maximum absolute atomic E-state index is 11.2. The highest BCUT2D eigenvalue weighted by Crippen LogP contribution is 1.87. The van der Waals surface area contributed by atoms with Crippen molar-refractivity contribution >= 4 is 5.91 Å². The molecule has 13 heavy (non-hydrogen) atoms. The molecule has 72 valence electrons. The standard InChI is InChI=1S/C6H10N4O3/c11-1-4(2-12)9-6(13)5-7-3-8-10-5/h3-4,11-12H,1-2H2,(H,9,13)(H,7,8,10). The van der Waals surface area contributed by atoms with Gasteiger partial charge in [-0.25, -0.2) is 4.98 Å². The minimum atomic E-state index is -0.669. The van der Waals surface area contributed by atoms with E-state index in [1.165, 1.54) is 6.33 Å². The third-order valence-electron chi connectivity index (χ3n) is 1.41. The van der Waals surface area contributed by atoms with Crippen LogP contribution < -0.4 is 5.32 Å². The van der Waals surface area contributed by atoms with Crippen LogP contribution in [0.1, 0.15) is 10.6 Å². The minimum Gasteiger partial charge on any atom is -0.394 e. The Morgan fingerprint density at radius 1 is 1.62 bits per heavy atom. The Bertz CT molecular complexity index is 257. The van der Waals surface area contributed by atoms with E-state index in [0.717, 1.165) is 0 Å². The molecule has 0 aliphatic carbocycles. The van der Waals surface area contributed by atoms with Crippen molar-refractivity contribution in [2.45, 2.75) is 6.04 Å². The van der Waals surface area contributed by atoms with Crippen LogP contribution in [0, 0.1) is 0 Å². The molecule has 0 aromatic carbocycles. The van der Waals surface area contributed by atoms with E-state index in [9.17, 15) is 4.79 Å². The number of nitrogens with zero attached hydrogens (tertiary/aromatic N) is 2. The van der Waals surface area contributed by atoms with Gasteiger partial charge in [-0.2, -0.15) is 5.10 Å². The molecule has 0 saturated carbocycles. The van der Waals surface area contributed by atoms with E-state index >= 15 is 0 Å². The maximum Gasteiger partial charge on any atom is 0.288 e. The lowest BCUT2D eigenvalue weighted by atomic mass is 10.3. The molecule has 7 heteroatoms. The van der Waals surface area contributed by atoms with E-state index in [0.29, 0.717) is 0 Å². The lowest BCUT2D eigenvalue weighted by Gasteiger charge is -2.11. The number of aliphatic hydroxyl groups excluding tert-OH is 2. The summed E-state index contributed by atoms with van der Waals surface area (Å²) in [6.45, 7) is -0.646. The summed E-state index contributed by atoms with van der Waals surface area (Å²) in [6.07, 6.45) is 1.20. The Morgan fingerprint density at radius 3 is 2.77 bits per heavy atom. The van der Waals surface area contributed by atoms with Gasteiger partial charge in [0.15, 0.2) is 0 Å². The Balaban J connectivity index is 2.50. The molecule has 4 N–H and O–H groups in total. The number of carbonyl (C=O) groups is 1. The molecule has 0 aliphatic heterocycles. The SMILES string of the molecule is O=C(NC(CO)CO)c1ncn[nH]1. The summed E-state index contributed by atoms with van der Waals surface area (Å²) < 4.78 is 0. The van der Waals surface area contributed by atoms with Crippen molar-refractivity contribution in [2.75, 3.05) is 13.2 Å². The molecule has 0 bridgehead atoms. The van der Waals surface area contributed by atoms with Crippen molar-refractivity contribution in [2.24, 2.45) is 0 Å². The molecule has 1 amide bonds. The number of nitrogens with one attached hydrogen (secondary N) is 2. The molecule has 0 unspecified atom stereocenters. The highest BCUT2D eigenvalue weighted by atomic mass is 16.3. The van der Waals surface area contributed by atoms with Gasteiger partial charge in [-0.05, 0) is 0 Å². The Morgan fingerprint density at radius 2 is 2.31 bits per heavy atom. The molecule has 0 fully saturated rings. The number of carbonyl (C=O) groups excluding carboxylic acids is 1. The largest absolute Gasteiger partial charge is 0.394 e. The molecular weight excluding hydrogens is 176 g/mol. The molecule has 1 rings (SSSR count). The summed E-state index contributed by atoms with van der Waals surface area (Å²) in [7, 11) is 0. The monoisotopic (exact) mass is 186 g/mol. The summed E-state index contributed by atoms with van der Waals surface area (Å²) in [5, 5.41) is 25.5.